The smallest absolute Gasteiger partial charge is 0.261 e. The molecule has 2 heterocycles. The lowest BCUT2D eigenvalue weighted by molar-refractivity contribution is -0.127. The van der Waals surface area contributed by atoms with Gasteiger partial charge in [-0.15, -0.1) is 0 Å². The summed E-state index contributed by atoms with van der Waals surface area (Å²) in [5.41, 5.74) is 1.82. The summed E-state index contributed by atoms with van der Waals surface area (Å²) in [6.07, 6.45) is 2.97. The predicted molar refractivity (Wildman–Crippen MR) is 99.2 cm³/mol. The molecule has 0 saturated carbocycles. The van der Waals surface area contributed by atoms with E-state index in [2.05, 4.69) is 5.32 Å². The zero-order valence-corrected chi connectivity index (χ0v) is 15.6. The molecule has 144 valence electrons. The first-order valence-electron chi connectivity index (χ1n) is 9.48. The third kappa shape index (κ3) is 4.35. The number of rotatable bonds is 8. The van der Waals surface area contributed by atoms with E-state index in [1.807, 2.05) is 17.9 Å². The Bertz CT molecular complexity index is 774. The molecule has 0 radical (unpaired) electrons. The highest BCUT2D eigenvalue weighted by Crippen LogP contribution is 2.24. The van der Waals surface area contributed by atoms with Gasteiger partial charge in [0.1, 0.15) is 0 Å². The third-order valence-corrected chi connectivity index (χ3v) is 5.01. The number of hydrogen-bond donors (Lipinski definition) is 1. The van der Waals surface area contributed by atoms with Crippen LogP contribution >= 0.6 is 0 Å². The second kappa shape index (κ2) is 8.33. The topological polar surface area (TPSA) is 86.8 Å². The number of likely N-dealkylation sites (tertiary alicyclic amines) is 1. The Morgan fingerprint density at radius 3 is 2.59 bits per heavy atom. The van der Waals surface area contributed by atoms with Crippen LogP contribution in [0.25, 0.3) is 0 Å². The van der Waals surface area contributed by atoms with E-state index in [-0.39, 0.29) is 36.6 Å². The fourth-order valence-corrected chi connectivity index (χ4v) is 3.53. The molecule has 4 amide bonds. The number of nitrogens with one attached hydrogen (secondary N) is 1. The van der Waals surface area contributed by atoms with Crippen molar-refractivity contribution in [2.75, 3.05) is 26.2 Å². The van der Waals surface area contributed by atoms with Crippen molar-refractivity contribution < 1.29 is 19.2 Å². The molecule has 1 saturated heterocycles. The van der Waals surface area contributed by atoms with Crippen molar-refractivity contribution in [3.8, 4) is 0 Å². The maximum atomic E-state index is 12.4. The Kier molecular flexibility index (Phi) is 5.88. The Labute approximate surface area is 158 Å². The van der Waals surface area contributed by atoms with Gasteiger partial charge in [0.2, 0.25) is 11.8 Å². The van der Waals surface area contributed by atoms with E-state index in [0.717, 1.165) is 24.9 Å². The minimum absolute atomic E-state index is 0.102. The van der Waals surface area contributed by atoms with Gasteiger partial charge in [0, 0.05) is 39.0 Å². The number of nitrogens with zero attached hydrogens (tertiary/aromatic N) is 2. The highest BCUT2D eigenvalue weighted by molar-refractivity contribution is 6.21. The van der Waals surface area contributed by atoms with Gasteiger partial charge in [-0.25, -0.2) is 0 Å². The molecule has 2 aliphatic heterocycles. The number of amides is 4. The first-order chi connectivity index (χ1) is 13.0. The van der Waals surface area contributed by atoms with Crippen LogP contribution in [0.4, 0.5) is 0 Å². The molecule has 1 N–H and O–H groups in total. The molecular weight excluding hydrogens is 346 g/mol. The summed E-state index contributed by atoms with van der Waals surface area (Å²) in [7, 11) is 0. The first kappa shape index (κ1) is 19.1. The van der Waals surface area contributed by atoms with E-state index in [0.29, 0.717) is 37.1 Å². The van der Waals surface area contributed by atoms with Crippen LogP contribution in [-0.2, 0) is 9.59 Å². The van der Waals surface area contributed by atoms with Gasteiger partial charge in [-0.2, -0.15) is 0 Å². The molecule has 0 aromatic heterocycles. The third-order valence-electron chi connectivity index (χ3n) is 5.01. The van der Waals surface area contributed by atoms with E-state index >= 15 is 0 Å². The SMILES string of the molecule is Cc1ccc2c(c1)C(=O)N(CCCC(=O)NCCCN1CCCC1=O)C2=O. The van der Waals surface area contributed by atoms with Crippen molar-refractivity contribution in [3.05, 3.63) is 34.9 Å². The van der Waals surface area contributed by atoms with Crippen LogP contribution in [0.1, 0.15) is 58.4 Å². The molecule has 0 unspecified atom stereocenters. The average Bonchev–Trinajstić information content (AvgIpc) is 3.15. The molecule has 2 aliphatic rings. The lowest BCUT2D eigenvalue weighted by Crippen LogP contribution is -2.33. The van der Waals surface area contributed by atoms with Gasteiger partial charge in [-0.05, 0) is 38.3 Å². The molecule has 0 atom stereocenters. The highest BCUT2D eigenvalue weighted by atomic mass is 16.2. The van der Waals surface area contributed by atoms with Crippen LogP contribution < -0.4 is 5.32 Å². The number of aryl methyl sites for hydroxylation is 1. The van der Waals surface area contributed by atoms with Crippen molar-refractivity contribution in [3.63, 3.8) is 0 Å². The maximum Gasteiger partial charge on any atom is 0.261 e. The van der Waals surface area contributed by atoms with Crippen LogP contribution in [0.15, 0.2) is 18.2 Å². The molecule has 0 aliphatic carbocycles. The van der Waals surface area contributed by atoms with Crippen molar-refractivity contribution >= 4 is 23.6 Å². The quantitative estimate of drug-likeness (QED) is 0.554. The molecule has 0 spiro atoms. The van der Waals surface area contributed by atoms with Crippen LogP contribution in [0.3, 0.4) is 0 Å². The first-order valence-corrected chi connectivity index (χ1v) is 9.48. The van der Waals surface area contributed by atoms with Gasteiger partial charge in [-0.1, -0.05) is 11.6 Å². The predicted octanol–water partition coefficient (Wildman–Crippen LogP) is 1.50. The van der Waals surface area contributed by atoms with E-state index in [4.69, 9.17) is 0 Å². The fraction of sp³-hybridized carbons (Fsp3) is 0.500. The monoisotopic (exact) mass is 371 g/mol. The summed E-state index contributed by atoms with van der Waals surface area (Å²) in [6, 6.07) is 5.23. The normalized spacial score (nSPS) is 16.3. The van der Waals surface area contributed by atoms with Gasteiger partial charge in [0.15, 0.2) is 0 Å². The van der Waals surface area contributed by atoms with Crippen molar-refractivity contribution in [1.82, 2.24) is 15.1 Å². The molecule has 1 aromatic carbocycles. The largest absolute Gasteiger partial charge is 0.356 e. The summed E-state index contributed by atoms with van der Waals surface area (Å²) < 4.78 is 0. The van der Waals surface area contributed by atoms with Gasteiger partial charge in [0.25, 0.3) is 11.8 Å². The Balaban J connectivity index is 1.36. The summed E-state index contributed by atoms with van der Waals surface area (Å²) in [5.74, 6) is -0.479. The lowest BCUT2D eigenvalue weighted by Gasteiger charge is -2.15. The second-order valence-corrected chi connectivity index (χ2v) is 7.10. The zero-order chi connectivity index (χ0) is 19.4. The Morgan fingerprint density at radius 2 is 1.85 bits per heavy atom. The van der Waals surface area contributed by atoms with E-state index < -0.39 is 0 Å². The second-order valence-electron chi connectivity index (χ2n) is 7.10. The molecule has 27 heavy (non-hydrogen) atoms. The van der Waals surface area contributed by atoms with Crippen LogP contribution in [0.5, 0.6) is 0 Å². The molecule has 3 rings (SSSR count). The number of fused-ring (bicyclic) bond motifs is 1. The number of carbonyl (C=O) groups is 4. The molecule has 0 bridgehead atoms. The number of benzene rings is 1. The summed E-state index contributed by atoms with van der Waals surface area (Å²) >= 11 is 0. The van der Waals surface area contributed by atoms with Crippen LogP contribution in [0, 0.1) is 6.92 Å². The summed E-state index contributed by atoms with van der Waals surface area (Å²) in [5, 5.41) is 2.83. The minimum atomic E-state index is -0.286. The number of hydrogen-bond acceptors (Lipinski definition) is 4. The Morgan fingerprint density at radius 1 is 1.07 bits per heavy atom. The molecule has 1 aromatic rings. The molecule has 1 fully saturated rings. The van der Waals surface area contributed by atoms with Gasteiger partial charge >= 0.3 is 0 Å². The molecular formula is C20H25N3O4. The van der Waals surface area contributed by atoms with Crippen LogP contribution in [0.2, 0.25) is 0 Å². The molecule has 7 heteroatoms. The van der Waals surface area contributed by atoms with E-state index in [9.17, 15) is 19.2 Å². The van der Waals surface area contributed by atoms with Gasteiger partial charge in [-0.3, -0.25) is 24.1 Å². The van der Waals surface area contributed by atoms with E-state index in [1.165, 1.54) is 4.90 Å². The van der Waals surface area contributed by atoms with Crippen molar-refractivity contribution in [2.24, 2.45) is 0 Å². The fourth-order valence-electron chi connectivity index (χ4n) is 3.53. The van der Waals surface area contributed by atoms with Crippen molar-refractivity contribution in [2.45, 2.75) is 39.0 Å². The van der Waals surface area contributed by atoms with Crippen LogP contribution in [-0.4, -0.2) is 59.6 Å². The van der Waals surface area contributed by atoms with Gasteiger partial charge < -0.3 is 10.2 Å². The summed E-state index contributed by atoms with van der Waals surface area (Å²) in [6.45, 7) is 4.13. The maximum absolute atomic E-state index is 12.4. The number of imide groups is 1. The molecule has 7 nitrogen and oxygen atoms in total. The summed E-state index contributed by atoms with van der Waals surface area (Å²) in [4.78, 5) is 51.2. The highest BCUT2D eigenvalue weighted by Gasteiger charge is 2.34. The lowest BCUT2D eigenvalue weighted by atomic mass is 10.1. The van der Waals surface area contributed by atoms with E-state index in [1.54, 1.807) is 12.1 Å². The van der Waals surface area contributed by atoms with Crippen molar-refractivity contribution in [1.29, 1.82) is 0 Å². The standard InChI is InChI=1S/C20H25N3O4/c1-14-7-8-15-16(13-14)20(27)23(19(15)26)12-2-5-17(24)21-9-4-11-22-10-3-6-18(22)25/h7-8,13H,2-6,9-12H2,1H3,(H,21,24). The number of carbonyl (C=O) groups excluding carboxylic acids is 4. The van der Waals surface area contributed by atoms with Gasteiger partial charge in [0.05, 0.1) is 11.1 Å². The Hall–Kier alpha value is -2.70. The zero-order valence-electron chi connectivity index (χ0n) is 15.6. The minimum Gasteiger partial charge on any atom is -0.356 e. The average molecular weight is 371 g/mol.